The first kappa shape index (κ1) is 20.8. The summed E-state index contributed by atoms with van der Waals surface area (Å²) < 4.78 is 6.31. The first-order chi connectivity index (χ1) is 13.4. The van der Waals surface area contributed by atoms with Gasteiger partial charge in [-0.3, -0.25) is 14.7 Å². The van der Waals surface area contributed by atoms with Crippen LogP contribution in [-0.4, -0.2) is 83.4 Å². The Labute approximate surface area is 166 Å². The molecular weight excluding hydrogens is 360 g/mol. The number of amides is 1. The number of likely N-dealkylation sites (tertiary alicyclic amines) is 1. The Morgan fingerprint density at radius 2 is 2.00 bits per heavy atom. The zero-order valence-electron chi connectivity index (χ0n) is 17.0. The predicted octanol–water partition coefficient (Wildman–Crippen LogP) is 1.63. The monoisotopic (exact) mass is 392 g/mol. The number of nitrogens with zero attached hydrogens (tertiary/aromatic N) is 3. The van der Waals surface area contributed by atoms with Crippen LogP contribution in [0.1, 0.15) is 41.7 Å². The van der Waals surface area contributed by atoms with Crippen LogP contribution in [0.2, 0.25) is 0 Å². The van der Waals surface area contributed by atoms with E-state index in [1.54, 1.807) is 6.20 Å². The minimum Gasteiger partial charge on any atom is -0.483 e. The summed E-state index contributed by atoms with van der Waals surface area (Å²) in [5.74, 6) is 2.04. The highest BCUT2D eigenvalue weighted by Gasteiger charge is 2.45. The molecule has 0 spiro atoms. The van der Waals surface area contributed by atoms with Crippen LogP contribution in [0, 0.1) is 24.7 Å². The molecule has 0 unspecified atom stereocenters. The number of carbonyl (C=O) groups excluding carboxylic acids is 1. The van der Waals surface area contributed by atoms with Crippen molar-refractivity contribution in [2.24, 2.45) is 17.8 Å². The Morgan fingerprint density at radius 1 is 1.36 bits per heavy atom. The number of hydrogen-bond donors (Lipinski definition) is 2. The molecule has 2 heterocycles. The lowest BCUT2D eigenvalue weighted by Gasteiger charge is -2.41. The highest BCUT2D eigenvalue weighted by molar-refractivity contribution is 5.93. The molecule has 2 saturated carbocycles. The quantitative estimate of drug-likeness (QED) is 0.739. The molecule has 1 amide bonds. The fraction of sp³-hybridized carbons (Fsp3) is 0.750. The number of likely N-dealkylation sites (N-methyl/N-ethyl adjacent to an activating group) is 1. The van der Waals surface area contributed by atoms with Gasteiger partial charge in [-0.15, -0.1) is 0 Å². The maximum absolute atomic E-state index is 12.8. The van der Waals surface area contributed by atoms with Crippen molar-refractivity contribution in [3.63, 3.8) is 0 Å². The van der Waals surface area contributed by atoms with E-state index < -0.39 is 0 Å². The molecule has 2 N–H and O–H groups in total. The normalized spacial score (nSPS) is 29.2. The Morgan fingerprint density at radius 3 is 2.54 bits per heavy atom. The van der Waals surface area contributed by atoms with Crippen molar-refractivity contribution in [2.75, 3.05) is 33.8 Å². The van der Waals surface area contributed by atoms with Gasteiger partial charge in [-0.25, -0.2) is 0 Å². The van der Waals surface area contributed by atoms with Gasteiger partial charge in [0.1, 0.15) is 5.69 Å². The molecule has 1 aromatic heterocycles. The molecule has 0 radical (unpaired) electrons. The number of ether oxygens (including phenoxy) is 1. The Bertz CT molecular complexity index is 673. The molecule has 8 nitrogen and oxygen atoms in total. The molecule has 4 atom stereocenters. The third-order valence-electron chi connectivity index (χ3n) is 6.32. The van der Waals surface area contributed by atoms with Crippen molar-refractivity contribution < 1.29 is 19.4 Å². The molecular formula is C20H32N4O4. The minimum absolute atomic E-state index is 0.0984. The molecule has 156 valence electrons. The topological polar surface area (TPSA) is 98.8 Å². The number of aryl methyl sites for hydroxylation is 1. The summed E-state index contributed by atoms with van der Waals surface area (Å²) in [4.78, 5) is 25.5. The second kappa shape index (κ2) is 9.05. The first-order valence-electron chi connectivity index (χ1n) is 10.1. The molecule has 8 heteroatoms. The van der Waals surface area contributed by atoms with E-state index in [2.05, 4.69) is 29.2 Å². The number of fused-ring (bicyclic) bond motifs is 1. The lowest BCUT2D eigenvalue weighted by Crippen LogP contribution is -2.48. The molecule has 1 saturated heterocycles. The lowest BCUT2D eigenvalue weighted by atomic mass is 9.77. The summed E-state index contributed by atoms with van der Waals surface area (Å²) >= 11 is 0. The summed E-state index contributed by atoms with van der Waals surface area (Å²) in [6.45, 7) is 4.32. The van der Waals surface area contributed by atoms with Crippen molar-refractivity contribution in [1.29, 1.82) is 0 Å². The van der Waals surface area contributed by atoms with Gasteiger partial charge in [-0.1, -0.05) is 0 Å². The number of hydrogen-bond acceptors (Lipinski definition) is 5. The van der Waals surface area contributed by atoms with Crippen LogP contribution in [0.4, 0.5) is 0 Å². The Balaban J connectivity index is 0.000000706. The smallest absolute Gasteiger partial charge is 0.290 e. The molecule has 3 aliphatic rings. The molecule has 1 aliphatic heterocycles. The van der Waals surface area contributed by atoms with Crippen molar-refractivity contribution >= 4 is 12.4 Å². The highest BCUT2D eigenvalue weighted by Crippen LogP contribution is 2.40. The van der Waals surface area contributed by atoms with Gasteiger partial charge in [-0.2, -0.15) is 5.10 Å². The summed E-state index contributed by atoms with van der Waals surface area (Å²) in [5.41, 5.74) is 1.57. The number of carbonyl (C=O) groups is 2. The van der Waals surface area contributed by atoms with Gasteiger partial charge in [0.25, 0.3) is 12.4 Å². The van der Waals surface area contributed by atoms with E-state index >= 15 is 0 Å². The summed E-state index contributed by atoms with van der Waals surface area (Å²) in [7, 11) is 4.31. The number of carboxylic acid groups (broad SMARTS) is 1. The van der Waals surface area contributed by atoms with E-state index in [4.69, 9.17) is 14.6 Å². The van der Waals surface area contributed by atoms with E-state index in [0.29, 0.717) is 29.7 Å². The average molecular weight is 393 g/mol. The van der Waals surface area contributed by atoms with Crippen molar-refractivity contribution in [3.8, 4) is 0 Å². The molecule has 0 aromatic carbocycles. The Kier molecular flexibility index (Phi) is 6.72. The zero-order chi connectivity index (χ0) is 20.3. The average Bonchev–Trinajstić information content (AvgIpc) is 3.24. The second-order valence-electron chi connectivity index (χ2n) is 8.58. The number of rotatable bonds is 5. The zero-order valence-corrected chi connectivity index (χ0v) is 17.0. The van der Waals surface area contributed by atoms with Crippen LogP contribution in [-0.2, 0) is 9.53 Å². The van der Waals surface area contributed by atoms with E-state index in [9.17, 15) is 4.79 Å². The van der Waals surface area contributed by atoms with Crippen molar-refractivity contribution in [2.45, 2.75) is 44.8 Å². The third kappa shape index (κ3) is 4.72. The van der Waals surface area contributed by atoms with Gasteiger partial charge in [-0.05, 0) is 70.0 Å². The molecule has 0 bridgehead atoms. The van der Waals surface area contributed by atoms with E-state index in [1.165, 1.54) is 12.8 Å². The van der Waals surface area contributed by atoms with Crippen LogP contribution in [0.5, 0.6) is 0 Å². The summed E-state index contributed by atoms with van der Waals surface area (Å²) in [6.07, 6.45) is 6.89. The van der Waals surface area contributed by atoms with Gasteiger partial charge in [0.15, 0.2) is 0 Å². The predicted molar refractivity (Wildman–Crippen MR) is 104 cm³/mol. The minimum atomic E-state index is -0.250. The standard InChI is InChI=1S/C19H30N4O2.CH2O2/c1-12-8-20-21-18(12)19(24)23-9-14-6-16(22(2)3)17(7-15(14)10-23)25-11-13-4-5-13;2-1-3/h8,13-17H,4-7,9-11H2,1-3H3,(H,20,21);1H,(H,2,3)/t14-,15+,16-,17-;/m1./s1. The maximum atomic E-state index is 12.8. The van der Waals surface area contributed by atoms with Crippen molar-refractivity contribution in [1.82, 2.24) is 20.0 Å². The number of aromatic nitrogens is 2. The molecule has 4 rings (SSSR count). The van der Waals surface area contributed by atoms with Crippen LogP contribution in [0.3, 0.4) is 0 Å². The lowest BCUT2D eigenvalue weighted by molar-refractivity contribution is -0.122. The maximum Gasteiger partial charge on any atom is 0.290 e. The van der Waals surface area contributed by atoms with Gasteiger partial charge in [0.05, 0.1) is 12.3 Å². The van der Waals surface area contributed by atoms with Gasteiger partial charge >= 0.3 is 0 Å². The first-order valence-corrected chi connectivity index (χ1v) is 10.1. The number of nitrogens with one attached hydrogen (secondary N) is 1. The third-order valence-corrected chi connectivity index (χ3v) is 6.32. The summed E-state index contributed by atoms with van der Waals surface area (Å²) in [6, 6.07) is 0.462. The number of aromatic amines is 1. The fourth-order valence-electron chi connectivity index (χ4n) is 4.54. The van der Waals surface area contributed by atoms with E-state index in [-0.39, 0.29) is 12.4 Å². The second-order valence-corrected chi connectivity index (χ2v) is 8.58. The number of H-pyrrole nitrogens is 1. The van der Waals surface area contributed by atoms with Crippen LogP contribution >= 0.6 is 0 Å². The van der Waals surface area contributed by atoms with Crippen LogP contribution in [0.15, 0.2) is 6.20 Å². The van der Waals surface area contributed by atoms with Gasteiger partial charge in [0.2, 0.25) is 0 Å². The van der Waals surface area contributed by atoms with Crippen LogP contribution in [0.25, 0.3) is 0 Å². The molecule has 2 aliphatic carbocycles. The Hall–Kier alpha value is -1.93. The van der Waals surface area contributed by atoms with Crippen LogP contribution < -0.4 is 0 Å². The van der Waals surface area contributed by atoms with E-state index in [1.807, 2.05) is 11.8 Å². The van der Waals surface area contributed by atoms with Gasteiger partial charge in [0, 0.05) is 25.7 Å². The summed E-state index contributed by atoms with van der Waals surface area (Å²) in [5, 5.41) is 13.8. The van der Waals surface area contributed by atoms with E-state index in [0.717, 1.165) is 44.0 Å². The fourth-order valence-corrected chi connectivity index (χ4v) is 4.54. The molecule has 1 aromatic rings. The molecule has 28 heavy (non-hydrogen) atoms. The SMILES string of the molecule is Cc1cn[nH]c1C(=O)N1C[C@H]2C[C@@H](N(C)C)[C@H](OCC3CC3)C[C@H]2C1.O=CO. The van der Waals surface area contributed by atoms with Gasteiger partial charge < -0.3 is 19.6 Å². The largest absolute Gasteiger partial charge is 0.483 e. The molecule has 3 fully saturated rings. The van der Waals surface area contributed by atoms with Crippen molar-refractivity contribution in [3.05, 3.63) is 17.5 Å². The highest BCUT2D eigenvalue weighted by atomic mass is 16.5.